The molecule has 0 N–H and O–H groups in total. The van der Waals surface area contributed by atoms with Crippen LogP contribution in [-0.4, -0.2) is 32.9 Å². The monoisotopic (exact) mass is 342 g/mol. The van der Waals surface area contributed by atoms with Crippen LogP contribution in [0.4, 0.5) is 0 Å². The third-order valence-corrected chi connectivity index (χ3v) is 3.38. The summed E-state index contributed by atoms with van der Waals surface area (Å²) < 4.78 is 15.2. The van der Waals surface area contributed by atoms with Crippen molar-refractivity contribution < 1.29 is 18.6 Å². The predicted molar refractivity (Wildman–Crippen MR) is 87.3 cm³/mol. The minimum Gasteiger partial charge on any atom is -0.466 e. The zero-order chi connectivity index (χ0) is 17.6. The van der Waals surface area contributed by atoms with Gasteiger partial charge in [-0.15, -0.1) is 0 Å². The Bertz CT molecular complexity index is 856. The van der Waals surface area contributed by atoms with Crippen molar-refractivity contribution in [3.63, 3.8) is 0 Å². The first-order valence-electron chi connectivity index (χ1n) is 8.05. The van der Waals surface area contributed by atoms with Crippen LogP contribution in [0.25, 0.3) is 22.8 Å². The SMILES string of the molecule is CCCOC(=O)CCc1nc(-c2cccc(-c3noc(C)n3)c2)no1. The van der Waals surface area contributed by atoms with Gasteiger partial charge in [0.05, 0.1) is 13.0 Å². The predicted octanol–water partition coefficient (Wildman–Crippen LogP) is 2.98. The average molecular weight is 342 g/mol. The van der Waals surface area contributed by atoms with E-state index >= 15 is 0 Å². The van der Waals surface area contributed by atoms with Crippen molar-refractivity contribution in [2.24, 2.45) is 0 Å². The van der Waals surface area contributed by atoms with Crippen molar-refractivity contribution >= 4 is 5.97 Å². The lowest BCUT2D eigenvalue weighted by Crippen LogP contribution is -2.06. The number of ether oxygens (including phenoxy) is 1. The van der Waals surface area contributed by atoms with E-state index in [0.29, 0.717) is 36.5 Å². The molecular formula is C17H18N4O4. The molecule has 0 radical (unpaired) electrons. The van der Waals surface area contributed by atoms with Crippen molar-refractivity contribution in [2.75, 3.05) is 6.61 Å². The molecule has 8 nitrogen and oxygen atoms in total. The molecule has 0 unspecified atom stereocenters. The van der Waals surface area contributed by atoms with E-state index in [1.807, 2.05) is 31.2 Å². The second kappa shape index (κ2) is 7.69. The Balaban J connectivity index is 1.69. The van der Waals surface area contributed by atoms with Crippen LogP contribution in [0.3, 0.4) is 0 Å². The molecule has 0 aliphatic carbocycles. The fourth-order valence-electron chi connectivity index (χ4n) is 2.18. The maximum atomic E-state index is 11.5. The molecule has 0 fully saturated rings. The molecule has 0 saturated carbocycles. The van der Waals surface area contributed by atoms with Gasteiger partial charge >= 0.3 is 5.97 Å². The highest BCUT2D eigenvalue weighted by Gasteiger charge is 2.13. The number of carbonyl (C=O) groups excluding carboxylic acids is 1. The van der Waals surface area contributed by atoms with Gasteiger partial charge in [-0.1, -0.05) is 35.4 Å². The quantitative estimate of drug-likeness (QED) is 0.604. The molecule has 130 valence electrons. The second-order valence-corrected chi connectivity index (χ2v) is 5.45. The molecular weight excluding hydrogens is 324 g/mol. The van der Waals surface area contributed by atoms with Crippen LogP contribution in [0.5, 0.6) is 0 Å². The third kappa shape index (κ3) is 4.28. The Morgan fingerprint density at radius 2 is 1.84 bits per heavy atom. The highest BCUT2D eigenvalue weighted by molar-refractivity contribution is 5.69. The van der Waals surface area contributed by atoms with E-state index < -0.39 is 0 Å². The van der Waals surface area contributed by atoms with Gasteiger partial charge in [-0.05, 0) is 12.5 Å². The molecule has 3 rings (SSSR count). The zero-order valence-electron chi connectivity index (χ0n) is 14.1. The lowest BCUT2D eigenvalue weighted by atomic mass is 10.1. The van der Waals surface area contributed by atoms with Crippen molar-refractivity contribution in [2.45, 2.75) is 33.1 Å². The van der Waals surface area contributed by atoms with Gasteiger partial charge in [0, 0.05) is 24.5 Å². The fourth-order valence-corrected chi connectivity index (χ4v) is 2.18. The highest BCUT2D eigenvalue weighted by Crippen LogP contribution is 2.23. The van der Waals surface area contributed by atoms with Gasteiger partial charge in [-0.25, -0.2) is 0 Å². The van der Waals surface area contributed by atoms with Crippen molar-refractivity contribution in [1.29, 1.82) is 0 Å². The van der Waals surface area contributed by atoms with E-state index in [4.69, 9.17) is 13.8 Å². The fraction of sp³-hybridized carbons (Fsp3) is 0.353. The number of carbonyl (C=O) groups is 1. The van der Waals surface area contributed by atoms with E-state index in [0.717, 1.165) is 17.5 Å². The Morgan fingerprint density at radius 3 is 2.52 bits per heavy atom. The number of hydrogen-bond donors (Lipinski definition) is 0. The number of aromatic nitrogens is 4. The lowest BCUT2D eigenvalue weighted by molar-refractivity contribution is -0.143. The van der Waals surface area contributed by atoms with Crippen LogP contribution in [0.15, 0.2) is 33.3 Å². The van der Waals surface area contributed by atoms with Gasteiger partial charge in [-0.2, -0.15) is 9.97 Å². The lowest BCUT2D eigenvalue weighted by Gasteiger charge is -2.00. The molecule has 0 saturated heterocycles. The summed E-state index contributed by atoms with van der Waals surface area (Å²) >= 11 is 0. The molecule has 25 heavy (non-hydrogen) atoms. The van der Waals surface area contributed by atoms with Gasteiger partial charge in [0.1, 0.15) is 0 Å². The van der Waals surface area contributed by atoms with Crippen molar-refractivity contribution in [3.05, 3.63) is 36.0 Å². The molecule has 1 aromatic carbocycles. The standard InChI is InChI=1S/C17H18N4O4/c1-3-9-23-15(22)8-7-14-19-17(21-25-14)13-6-4-5-12(10-13)16-18-11(2)24-20-16/h4-6,10H,3,7-9H2,1-2H3. The number of hydrogen-bond acceptors (Lipinski definition) is 8. The summed E-state index contributed by atoms with van der Waals surface area (Å²) in [5.74, 6) is 1.57. The van der Waals surface area contributed by atoms with E-state index in [1.54, 1.807) is 6.92 Å². The summed E-state index contributed by atoms with van der Waals surface area (Å²) in [4.78, 5) is 20.0. The Morgan fingerprint density at radius 1 is 1.12 bits per heavy atom. The number of aryl methyl sites for hydroxylation is 2. The van der Waals surface area contributed by atoms with Crippen LogP contribution in [0.2, 0.25) is 0 Å². The first-order valence-corrected chi connectivity index (χ1v) is 8.05. The van der Waals surface area contributed by atoms with Crippen LogP contribution in [-0.2, 0) is 16.0 Å². The largest absolute Gasteiger partial charge is 0.466 e. The molecule has 0 spiro atoms. The molecule has 8 heteroatoms. The first-order chi connectivity index (χ1) is 12.2. The van der Waals surface area contributed by atoms with Crippen LogP contribution < -0.4 is 0 Å². The first kappa shape index (κ1) is 16.8. The third-order valence-electron chi connectivity index (χ3n) is 3.38. The van der Waals surface area contributed by atoms with Gasteiger partial charge in [0.15, 0.2) is 0 Å². The van der Waals surface area contributed by atoms with Gasteiger partial charge in [-0.3, -0.25) is 4.79 Å². The second-order valence-electron chi connectivity index (χ2n) is 5.45. The minimum atomic E-state index is -0.268. The minimum absolute atomic E-state index is 0.212. The van der Waals surface area contributed by atoms with Gasteiger partial charge in [0.2, 0.25) is 23.4 Å². The molecule has 0 aliphatic heterocycles. The Labute approximate surface area is 144 Å². The summed E-state index contributed by atoms with van der Waals surface area (Å²) in [5.41, 5.74) is 1.56. The van der Waals surface area contributed by atoms with E-state index in [2.05, 4.69) is 20.3 Å². The van der Waals surface area contributed by atoms with E-state index in [1.165, 1.54) is 0 Å². The Hall–Kier alpha value is -3.03. The molecule has 0 bridgehead atoms. The summed E-state index contributed by atoms with van der Waals surface area (Å²) in [6, 6.07) is 7.45. The summed E-state index contributed by atoms with van der Waals surface area (Å²) in [7, 11) is 0. The normalized spacial score (nSPS) is 10.8. The molecule has 3 aromatic rings. The number of rotatable bonds is 7. The van der Waals surface area contributed by atoms with E-state index in [9.17, 15) is 4.79 Å². The topological polar surface area (TPSA) is 104 Å². The number of nitrogens with zero attached hydrogens (tertiary/aromatic N) is 4. The summed E-state index contributed by atoms with van der Waals surface area (Å²) in [6.07, 6.45) is 1.36. The molecule has 0 aliphatic rings. The maximum Gasteiger partial charge on any atom is 0.306 e. The summed E-state index contributed by atoms with van der Waals surface area (Å²) in [5, 5.41) is 7.86. The molecule has 0 amide bonds. The maximum absolute atomic E-state index is 11.5. The molecule has 2 aromatic heterocycles. The average Bonchev–Trinajstić information content (AvgIpc) is 3.27. The number of esters is 1. The summed E-state index contributed by atoms with van der Waals surface area (Å²) in [6.45, 7) is 4.11. The van der Waals surface area contributed by atoms with Crippen LogP contribution in [0, 0.1) is 6.92 Å². The van der Waals surface area contributed by atoms with Crippen LogP contribution >= 0.6 is 0 Å². The van der Waals surface area contributed by atoms with Crippen molar-refractivity contribution in [1.82, 2.24) is 20.3 Å². The number of benzene rings is 1. The van der Waals surface area contributed by atoms with Crippen LogP contribution in [0.1, 0.15) is 31.5 Å². The van der Waals surface area contributed by atoms with E-state index in [-0.39, 0.29) is 12.4 Å². The molecule has 2 heterocycles. The smallest absolute Gasteiger partial charge is 0.306 e. The molecule has 0 atom stereocenters. The van der Waals surface area contributed by atoms with Gasteiger partial charge < -0.3 is 13.8 Å². The van der Waals surface area contributed by atoms with Gasteiger partial charge in [0.25, 0.3) is 0 Å². The Kier molecular flexibility index (Phi) is 5.17. The highest BCUT2D eigenvalue weighted by atomic mass is 16.5. The zero-order valence-corrected chi connectivity index (χ0v) is 14.1. The van der Waals surface area contributed by atoms with Crippen molar-refractivity contribution in [3.8, 4) is 22.8 Å².